The molecule has 1 atom stereocenters. The number of guanidine groups is 1. The number of aromatic amines is 2. The van der Waals surface area contributed by atoms with Crippen LogP contribution in [0.25, 0.3) is 22.1 Å². The highest BCUT2D eigenvalue weighted by Gasteiger charge is 2.27. The molecule has 0 saturated carbocycles. The second-order valence-electron chi connectivity index (χ2n) is 9.96. The van der Waals surface area contributed by atoms with Gasteiger partial charge in [-0.25, -0.2) is 9.59 Å². The van der Waals surface area contributed by atoms with Crippen molar-refractivity contribution in [3.8, 4) is 0 Å². The van der Waals surface area contributed by atoms with Crippen molar-refractivity contribution in [2.24, 2.45) is 5.73 Å². The van der Waals surface area contributed by atoms with Gasteiger partial charge in [-0.15, -0.1) is 0 Å². The third-order valence-corrected chi connectivity index (χ3v) is 7.11. The average molecular weight is 643 g/mol. The van der Waals surface area contributed by atoms with Crippen molar-refractivity contribution < 1.29 is 9.90 Å². The van der Waals surface area contributed by atoms with Gasteiger partial charge in [-0.2, -0.15) is 19.9 Å². The number of fused-ring (bicyclic) bond motifs is 2. The van der Waals surface area contributed by atoms with E-state index in [-0.39, 0.29) is 97.1 Å². The number of nitrogens with two attached hydrogens (primary N) is 3. The first kappa shape index (κ1) is 32.8. The SMILES string of the molecule is CNc1nc2c(c(N)nc(=O)n2CCN(CCn2c(=O)nc(N)c3c(=O)[nH]c(NC)nc32)C(CCCNC(=N)N)C(=O)O)c(=O)[nH]1. The molecule has 0 aliphatic rings. The molecule has 13 N–H and O–H groups in total. The summed E-state index contributed by atoms with van der Waals surface area (Å²) in [6.45, 7) is -0.369. The van der Waals surface area contributed by atoms with Gasteiger partial charge in [-0.1, -0.05) is 0 Å². The summed E-state index contributed by atoms with van der Waals surface area (Å²) < 4.78 is 2.19. The van der Waals surface area contributed by atoms with Gasteiger partial charge in [0.15, 0.2) is 17.3 Å². The molecule has 0 spiro atoms. The highest BCUT2D eigenvalue weighted by atomic mass is 16.4. The number of nitrogen functional groups attached to an aromatic ring is 2. The molecule has 0 aliphatic heterocycles. The number of H-pyrrole nitrogens is 2. The number of nitrogens with one attached hydrogen (secondary N) is 6. The molecule has 246 valence electrons. The Morgan fingerprint density at radius 1 is 0.891 bits per heavy atom. The molecule has 0 bridgehead atoms. The molecule has 22 nitrogen and oxygen atoms in total. The topological polar surface area (TPSA) is 340 Å². The minimum Gasteiger partial charge on any atom is -0.480 e. The average Bonchev–Trinajstić information content (AvgIpc) is 2.98. The first-order valence-corrected chi connectivity index (χ1v) is 13.9. The van der Waals surface area contributed by atoms with Crippen molar-refractivity contribution >= 4 is 57.5 Å². The monoisotopic (exact) mass is 642 g/mol. The molecule has 0 aromatic carbocycles. The fraction of sp³-hybridized carbons (Fsp3) is 0.417. The van der Waals surface area contributed by atoms with E-state index in [0.717, 1.165) is 9.13 Å². The molecule has 0 amide bonds. The fourth-order valence-corrected chi connectivity index (χ4v) is 4.90. The van der Waals surface area contributed by atoms with Crippen LogP contribution in [-0.2, 0) is 17.9 Å². The van der Waals surface area contributed by atoms with Gasteiger partial charge in [0.1, 0.15) is 28.5 Å². The van der Waals surface area contributed by atoms with Crippen molar-refractivity contribution in [3.63, 3.8) is 0 Å². The minimum absolute atomic E-state index is 0.0556. The number of carbonyl (C=O) groups is 1. The summed E-state index contributed by atoms with van der Waals surface area (Å²) in [6, 6.07) is -1.16. The van der Waals surface area contributed by atoms with Crippen molar-refractivity contribution in [1.82, 2.24) is 49.3 Å². The highest BCUT2D eigenvalue weighted by Crippen LogP contribution is 2.15. The first-order valence-electron chi connectivity index (χ1n) is 13.9. The van der Waals surface area contributed by atoms with E-state index in [4.69, 9.17) is 22.6 Å². The molecule has 0 fully saturated rings. The third kappa shape index (κ3) is 6.85. The summed E-state index contributed by atoms with van der Waals surface area (Å²) in [4.78, 5) is 86.3. The second-order valence-corrected chi connectivity index (χ2v) is 9.96. The van der Waals surface area contributed by atoms with E-state index in [1.807, 2.05) is 0 Å². The Balaban J connectivity index is 1.75. The van der Waals surface area contributed by atoms with Gasteiger partial charge in [0.05, 0.1) is 0 Å². The van der Waals surface area contributed by atoms with Gasteiger partial charge >= 0.3 is 17.3 Å². The maximum atomic E-state index is 13.0. The predicted molar refractivity (Wildman–Crippen MR) is 169 cm³/mol. The van der Waals surface area contributed by atoms with E-state index < -0.39 is 34.5 Å². The van der Waals surface area contributed by atoms with E-state index >= 15 is 0 Å². The summed E-state index contributed by atoms with van der Waals surface area (Å²) in [7, 11) is 3.02. The Kier molecular flexibility index (Phi) is 9.79. The molecule has 22 heteroatoms. The number of aromatic nitrogens is 8. The summed E-state index contributed by atoms with van der Waals surface area (Å²) in [6.07, 6.45) is 0.362. The number of carboxylic acids is 1. The lowest BCUT2D eigenvalue weighted by molar-refractivity contribution is -0.143. The molecule has 4 rings (SSSR count). The lowest BCUT2D eigenvalue weighted by atomic mass is 10.1. The lowest BCUT2D eigenvalue weighted by Gasteiger charge is -2.29. The Bertz CT molecular complexity index is 1910. The Morgan fingerprint density at radius 2 is 1.35 bits per heavy atom. The molecular formula is C24H34N16O6. The second kappa shape index (κ2) is 13.7. The number of nitrogens with zero attached hydrogens (tertiary/aromatic N) is 7. The fourth-order valence-electron chi connectivity index (χ4n) is 4.90. The van der Waals surface area contributed by atoms with E-state index in [2.05, 4.69) is 45.9 Å². The zero-order chi connectivity index (χ0) is 33.7. The van der Waals surface area contributed by atoms with Gasteiger partial charge in [0, 0.05) is 46.8 Å². The predicted octanol–water partition coefficient (Wildman–Crippen LogP) is -3.76. The van der Waals surface area contributed by atoms with Crippen LogP contribution in [0.2, 0.25) is 0 Å². The lowest BCUT2D eigenvalue weighted by Crippen LogP contribution is -2.46. The first-order chi connectivity index (χ1) is 21.9. The Hall–Kier alpha value is -6.06. The molecule has 4 aromatic heterocycles. The number of aliphatic carboxylic acids is 1. The number of hydrogen-bond acceptors (Lipinski definition) is 15. The van der Waals surface area contributed by atoms with Crippen LogP contribution in [0, 0.1) is 5.41 Å². The molecule has 1 unspecified atom stereocenters. The molecule has 0 aliphatic carbocycles. The zero-order valence-corrected chi connectivity index (χ0v) is 24.9. The molecule has 0 radical (unpaired) electrons. The van der Waals surface area contributed by atoms with Crippen LogP contribution >= 0.6 is 0 Å². The molecular weight excluding hydrogens is 608 g/mol. The zero-order valence-electron chi connectivity index (χ0n) is 24.9. The Morgan fingerprint density at radius 3 is 1.74 bits per heavy atom. The third-order valence-electron chi connectivity index (χ3n) is 7.11. The normalized spacial score (nSPS) is 12.0. The maximum Gasteiger partial charge on any atom is 0.351 e. The highest BCUT2D eigenvalue weighted by molar-refractivity contribution is 5.85. The van der Waals surface area contributed by atoms with Crippen molar-refractivity contribution in [2.45, 2.75) is 32.0 Å². The smallest absolute Gasteiger partial charge is 0.351 e. The quantitative estimate of drug-likeness (QED) is 0.0358. The molecule has 0 saturated heterocycles. The van der Waals surface area contributed by atoms with E-state index in [1.165, 1.54) is 19.0 Å². The number of hydrogen-bond donors (Lipinski definition) is 10. The Labute approximate surface area is 257 Å². The van der Waals surface area contributed by atoms with Crippen LogP contribution in [-0.4, -0.2) is 101 Å². The van der Waals surface area contributed by atoms with Gasteiger partial charge < -0.3 is 38.3 Å². The molecule has 46 heavy (non-hydrogen) atoms. The maximum absolute atomic E-state index is 13.0. The van der Waals surface area contributed by atoms with Crippen molar-refractivity contribution in [1.29, 1.82) is 5.41 Å². The molecule has 4 heterocycles. The van der Waals surface area contributed by atoms with Gasteiger partial charge in [0.2, 0.25) is 11.9 Å². The van der Waals surface area contributed by atoms with Gasteiger partial charge in [-0.05, 0) is 12.8 Å². The summed E-state index contributed by atoms with van der Waals surface area (Å²) >= 11 is 0. The van der Waals surface area contributed by atoms with E-state index in [0.29, 0.717) is 0 Å². The van der Waals surface area contributed by atoms with Crippen molar-refractivity contribution in [2.75, 3.05) is 55.8 Å². The van der Waals surface area contributed by atoms with Crippen LogP contribution in [0.3, 0.4) is 0 Å². The van der Waals surface area contributed by atoms with E-state index in [1.54, 1.807) is 0 Å². The summed E-state index contributed by atoms with van der Waals surface area (Å²) in [5, 5.41) is 25.3. The largest absolute Gasteiger partial charge is 0.480 e. The summed E-state index contributed by atoms with van der Waals surface area (Å²) in [5.74, 6) is -2.02. The van der Waals surface area contributed by atoms with Crippen LogP contribution < -0.4 is 55.6 Å². The van der Waals surface area contributed by atoms with Crippen LogP contribution in [0.5, 0.6) is 0 Å². The van der Waals surface area contributed by atoms with Gasteiger partial charge in [0.25, 0.3) is 11.1 Å². The molecule has 4 aromatic rings. The van der Waals surface area contributed by atoms with Gasteiger partial charge in [-0.3, -0.25) is 43.8 Å². The number of carboxylic acid groups (broad SMARTS) is 1. The number of rotatable bonds is 14. The van der Waals surface area contributed by atoms with Crippen molar-refractivity contribution in [3.05, 3.63) is 41.7 Å². The van der Waals surface area contributed by atoms with Crippen LogP contribution in [0.15, 0.2) is 19.2 Å². The van der Waals surface area contributed by atoms with Crippen LogP contribution in [0.4, 0.5) is 23.5 Å². The standard InChI is InChI=1S/C24H34N16O6/c1-29-21-34-15-11(17(41)36-21)13(25)32-23(45)39(15)8-6-38(10(19(43)44)4-3-5-31-20(27)28)7-9-40-16-12(14(26)33-24(40)46)18(42)37-22(30-2)35-16/h10H,3-9H2,1-2H3,(H,43,44)(H2,25,32,45)(H2,26,33,46)(H4,27,28,31)(H2,29,34,36,41)(H2,30,35,37,42). The van der Waals surface area contributed by atoms with E-state index in [9.17, 15) is 29.1 Å². The minimum atomic E-state index is -1.21. The summed E-state index contributed by atoms with van der Waals surface area (Å²) in [5.41, 5.74) is 14.0. The number of anilines is 4. The van der Waals surface area contributed by atoms with Crippen LogP contribution in [0.1, 0.15) is 12.8 Å².